The minimum atomic E-state index is -0.904. The van der Waals surface area contributed by atoms with Crippen LogP contribution in [0.4, 0.5) is 27.7 Å². The number of carbonyl (C=O) groups is 1. The molecule has 2 aliphatic heterocycles. The largest absolute Gasteiger partial charge is 0.379 e. The van der Waals surface area contributed by atoms with Crippen molar-refractivity contribution in [2.24, 2.45) is 0 Å². The Morgan fingerprint density at radius 3 is 2.76 bits per heavy atom. The molecule has 2 aliphatic rings. The topological polar surface area (TPSA) is 132 Å². The Labute approximate surface area is 213 Å². The van der Waals surface area contributed by atoms with Gasteiger partial charge in [-0.1, -0.05) is 0 Å². The van der Waals surface area contributed by atoms with Crippen LogP contribution in [0.2, 0.25) is 0 Å². The van der Waals surface area contributed by atoms with Crippen molar-refractivity contribution >= 4 is 29.2 Å². The van der Waals surface area contributed by atoms with Crippen molar-refractivity contribution in [3.63, 3.8) is 0 Å². The molecule has 2 fully saturated rings. The molecule has 5 rings (SSSR count). The third-order valence-electron chi connectivity index (χ3n) is 6.13. The monoisotopic (exact) mass is 503 g/mol. The van der Waals surface area contributed by atoms with Crippen LogP contribution < -0.4 is 15.5 Å². The van der Waals surface area contributed by atoms with Gasteiger partial charge in [0.05, 0.1) is 49.4 Å². The quantitative estimate of drug-likeness (QED) is 0.495. The van der Waals surface area contributed by atoms with Gasteiger partial charge in [-0.15, -0.1) is 0 Å². The van der Waals surface area contributed by atoms with E-state index in [2.05, 4.69) is 36.6 Å². The van der Waals surface area contributed by atoms with E-state index >= 15 is 0 Å². The summed E-state index contributed by atoms with van der Waals surface area (Å²) in [6, 6.07) is 9.06. The highest BCUT2D eigenvalue weighted by atomic mass is 19.1. The van der Waals surface area contributed by atoms with Crippen LogP contribution in [-0.4, -0.2) is 82.9 Å². The summed E-state index contributed by atoms with van der Waals surface area (Å²) in [4.78, 5) is 33.6. The normalized spacial score (nSPS) is 17.8. The molecule has 0 aromatic carbocycles. The van der Waals surface area contributed by atoms with E-state index in [4.69, 9.17) is 4.74 Å². The number of rotatable bonds is 7. The van der Waals surface area contributed by atoms with Crippen molar-refractivity contribution in [3.8, 4) is 17.3 Å². The van der Waals surface area contributed by atoms with E-state index in [0.29, 0.717) is 72.8 Å². The van der Waals surface area contributed by atoms with E-state index in [1.165, 1.54) is 0 Å². The fourth-order valence-electron chi connectivity index (χ4n) is 4.24. The molecule has 2 saturated heterocycles. The maximum Gasteiger partial charge on any atom is 0.239 e. The Balaban J connectivity index is 1.23. The molecule has 3 aromatic heterocycles. The molecule has 2 N–H and O–H groups in total. The van der Waals surface area contributed by atoms with E-state index in [1.54, 1.807) is 47.8 Å². The Bertz CT molecular complexity index is 1290. The number of nitrogens with zero attached hydrogens (tertiary/aromatic N) is 7. The van der Waals surface area contributed by atoms with E-state index in [0.717, 1.165) is 13.1 Å². The second-order valence-electron chi connectivity index (χ2n) is 8.80. The first-order chi connectivity index (χ1) is 18.1. The zero-order valence-electron chi connectivity index (χ0n) is 20.1. The summed E-state index contributed by atoms with van der Waals surface area (Å²) in [5.74, 6) is 1.15. The molecule has 11 nitrogen and oxygen atoms in total. The molecule has 0 aliphatic carbocycles. The second kappa shape index (κ2) is 11.2. The van der Waals surface area contributed by atoms with Gasteiger partial charge in [0.25, 0.3) is 0 Å². The molecular weight excluding hydrogens is 477 g/mol. The van der Waals surface area contributed by atoms with Gasteiger partial charge in [-0.25, -0.2) is 24.3 Å². The van der Waals surface area contributed by atoms with Gasteiger partial charge >= 0.3 is 0 Å². The van der Waals surface area contributed by atoms with E-state index in [-0.39, 0.29) is 12.5 Å². The number of ether oxygens (including phenoxy) is 1. The summed E-state index contributed by atoms with van der Waals surface area (Å²) in [6.45, 7) is 3.81. The van der Waals surface area contributed by atoms with Gasteiger partial charge < -0.3 is 20.3 Å². The lowest BCUT2D eigenvalue weighted by molar-refractivity contribution is -0.118. The van der Waals surface area contributed by atoms with E-state index in [9.17, 15) is 14.4 Å². The lowest BCUT2D eigenvalue weighted by atomic mass is 10.1. The number of nitriles is 1. The standard InChI is InChI=1S/C25H26FN9O2/c26-19-4-6-35(15-19)24-17(12-27)11-18(13-30-24)21-3-5-28-25(32-21)31-20-1-2-22(29-14-20)33-23(36)16-34-7-9-37-10-8-34/h1-3,5,11,13-14,19H,4,6-10,15-16H2,(H,28,31,32)(H,29,33,36)/t19-/m1/s1. The van der Waals surface area contributed by atoms with Gasteiger partial charge in [0.2, 0.25) is 11.9 Å². The average Bonchev–Trinajstić information content (AvgIpc) is 3.36. The van der Waals surface area contributed by atoms with Crippen LogP contribution >= 0.6 is 0 Å². The Morgan fingerprint density at radius 2 is 2.03 bits per heavy atom. The molecule has 1 atom stereocenters. The number of amides is 1. The summed E-state index contributed by atoms with van der Waals surface area (Å²) in [7, 11) is 0. The first kappa shape index (κ1) is 24.5. The molecule has 0 saturated carbocycles. The van der Waals surface area contributed by atoms with Gasteiger partial charge in [-0.3, -0.25) is 9.69 Å². The van der Waals surface area contributed by atoms with Crippen molar-refractivity contribution in [3.05, 3.63) is 48.4 Å². The van der Waals surface area contributed by atoms with Crippen LogP contribution in [0.25, 0.3) is 11.3 Å². The third kappa shape index (κ3) is 6.14. The third-order valence-corrected chi connectivity index (χ3v) is 6.13. The lowest BCUT2D eigenvalue weighted by Crippen LogP contribution is -2.41. The van der Waals surface area contributed by atoms with Crippen molar-refractivity contribution < 1.29 is 13.9 Å². The number of aromatic nitrogens is 4. The number of anilines is 4. The molecular formula is C25H26FN9O2. The van der Waals surface area contributed by atoms with Crippen LogP contribution in [0.3, 0.4) is 0 Å². The number of hydrogen-bond donors (Lipinski definition) is 2. The van der Waals surface area contributed by atoms with Gasteiger partial charge in [0.15, 0.2) is 0 Å². The summed E-state index contributed by atoms with van der Waals surface area (Å²) >= 11 is 0. The molecule has 1 amide bonds. The van der Waals surface area contributed by atoms with Crippen molar-refractivity contribution in [1.82, 2.24) is 24.8 Å². The molecule has 0 bridgehead atoms. The van der Waals surface area contributed by atoms with Crippen LogP contribution in [0, 0.1) is 11.3 Å². The highest BCUT2D eigenvalue weighted by Gasteiger charge is 2.25. The Morgan fingerprint density at radius 1 is 1.16 bits per heavy atom. The highest BCUT2D eigenvalue weighted by Crippen LogP contribution is 2.27. The predicted molar refractivity (Wildman–Crippen MR) is 135 cm³/mol. The minimum Gasteiger partial charge on any atom is -0.379 e. The van der Waals surface area contributed by atoms with Crippen molar-refractivity contribution in [1.29, 1.82) is 5.26 Å². The molecule has 0 radical (unpaired) electrons. The zero-order valence-corrected chi connectivity index (χ0v) is 20.1. The smallest absolute Gasteiger partial charge is 0.239 e. The van der Waals surface area contributed by atoms with Gasteiger partial charge in [-0.05, 0) is 30.7 Å². The molecule has 190 valence electrons. The molecule has 0 unspecified atom stereocenters. The number of hydrogen-bond acceptors (Lipinski definition) is 10. The van der Waals surface area contributed by atoms with E-state index in [1.807, 2.05) is 4.90 Å². The molecule has 3 aromatic rings. The summed E-state index contributed by atoms with van der Waals surface area (Å²) in [6.07, 6.45) is 4.35. The Hall–Kier alpha value is -4.21. The average molecular weight is 504 g/mol. The van der Waals surface area contributed by atoms with E-state index < -0.39 is 6.17 Å². The fraction of sp³-hybridized carbons (Fsp3) is 0.360. The van der Waals surface area contributed by atoms with Crippen molar-refractivity contribution in [2.45, 2.75) is 12.6 Å². The number of nitrogens with one attached hydrogen (secondary N) is 2. The van der Waals surface area contributed by atoms with Crippen LogP contribution in [0.1, 0.15) is 12.0 Å². The molecule has 12 heteroatoms. The molecule has 5 heterocycles. The number of alkyl halides is 1. The first-order valence-electron chi connectivity index (χ1n) is 12.0. The van der Waals surface area contributed by atoms with Crippen LogP contribution in [0.15, 0.2) is 42.9 Å². The minimum absolute atomic E-state index is 0.128. The number of pyridine rings is 2. The van der Waals surface area contributed by atoms with Gasteiger partial charge in [-0.2, -0.15) is 5.26 Å². The lowest BCUT2D eigenvalue weighted by Gasteiger charge is -2.25. The number of morpholine rings is 1. The summed E-state index contributed by atoms with van der Waals surface area (Å²) in [5.41, 5.74) is 2.25. The fourth-order valence-corrected chi connectivity index (χ4v) is 4.24. The number of halogens is 1. The molecule has 0 spiro atoms. The van der Waals surface area contributed by atoms with Gasteiger partial charge in [0, 0.05) is 37.6 Å². The molecule has 37 heavy (non-hydrogen) atoms. The summed E-state index contributed by atoms with van der Waals surface area (Å²) in [5, 5.41) is 15.5. The van der Waals surface area contributed by atoms with Gasteiger partial charge in [0.1, 0.15) is 23.9 Å². The first-order valence-corrected chi connectivity index (χ1v) is 12.0. The maximum absolute atomic E-state index is 13.6. The van der Waals surface area contributed by atoms with Crippen molar-refractivity contribution in [2.75, 3.05) is 61.5 Å². The number of carbonyl (C=O) groups excluding carboxylic acids is 1. The maximum atomic E-state index is 13.6. The zero-order chi connectivity index (χ0) is 25.6. The van der Waals surface area contributed by atoms with Crippen LogP contribution in [-0.2, 0) is 9.53 Å². The SMILES string of the molecule is N#Cc1cc(-c2ccnc(Nc3ccc(NC(=O)CN4CCOCC4)nc3)n2)cnc1N1CC[C@@H](F)C1. The second-order valence-corrected chi connectivity index (χ2v) is 8.80. The van der Waals surface area contributed by atoms with Crippen LogP contribution in [0.5, 0.6) is 0 Å². The predicted octanol–water partition coefficient (Wildman–Crippen LogP) is 2.37. The summed E-state index contributed by atoms with van der Waals surface area (Å²) < 4.78 is 18.9. The Kier molecular flexibility index (Phi) is 7.43. The highest BCUT2D eigenvalue weighted by molar-refractivity contribution is 5.91.